The van der Waals surface area contributed by atoms with E-state index in [9.17, 15) is 14.4 Å². The molecule has 0 aliphatic rings. The number of esters is 3. The monoisotopic (exact) mass is 761 g/mol. The van der Waals surface area contributed by atoms with Crippen LogP contribution in [0, 0.1) is 0 Å². The molecule has 0 fully saturated rings. The van der Waals surface area contributed by atoms with Gasteiger partial charge in [0, 0.05) is 6.42 Å². The molecule has 0 amide bonds. The molecule has 0 aromatic carbocycles. The molecule has 0 saturated carbocycles. The van der Waals surface area contributed by atoms with Gasteiger partial charge in [0.2, 0.25) is 0 Å². The van der Waals surface area contributed by atoms with Crippen LogP contribution in [0.15, 0.2) is 109 Å². The zero-order chi connectivity index (χ0) is 40.1. The molecule has 0 bridgehead atoms. The summed E-state index contributed by atoms with van der Waals surface area (Å²) in [6, 6.07) is 0. The molecule has 0 aromatic rings. The van der Waals surface area contributed by atoms with E-state index in [2.05, 4.69) is 106 Å². The standard InChI is InChI=1S/C49H76O6/c1-4-7-10-13-16-19-20-21-22-23-24-25-26-27-28-31-33-36-39-42-48(51)54-45-46(55-49(52)43-40-37-34-30-18-15-12-9-6-3)44-53-47(50)41-38-35-32-29-17-14-11-8-5-2/h7-12,16-19,21-22,29-30,35,37-38,40,46H,4-6,13-15,20,23-28,31-34,36,39,41-45H2,1-3H3/b10-7-,11-8-,12-9-,19-16-,22-21-,29-17-,30-18-,38-35-,40-37-. The third-order valence-corrected chi connectivity index (χ3v) is 8.32. The Kier molecular flexibility index (Phi) is 39.7. The van der Waals surface area contributed by atoms with Gasteiger partial charge >= 0.3 is 17.9 Å². The van der Waals surface area contributed by atoms with Crippen LogP contribution >= 0.6 is 0 Å². The molecule has 0 aliphatic carbocycles. The van der Waals surface area contributed by atoms with E-state index in [0.717, 1.165) is 83.5 Å². The third-order valence-electron chi connectivity index (χ3n) is 8.32. The highest BCUT2D eigenvalue weighted by atomic mass is 16.6. The lowest BCUT2D eigenvalue weighted by molar-refractivity contribution is -0.166. The number of unbranched alkanes of at least 4 members (excludes halogenated alkanes) is 9. The highest BCUT2D eigenvalue weighted by Crippen LogP contribution is 2.12. The van der Waals surface area contributed by atoms with Gasteiger partial charge in [-0.2, -0.15) is 0 Å². The second-order valence-corrected chi connectivity index (χ2v) is 13.5. The normalized spacial score (nSPS) is 13.1. The van der Waals surface area contributed by atoms with E-state index < -0.39 is 18.0 Å². The summed E-state index contributed by atoms with van der Waals surface area (Å²) in [6.07, 6.45) is 57.2. The molecular weight excluding hydrogens is 685 g/mol. The molecule has 0 radical (unpaired) electrons. The van der Waals surface area contributed by atoms with Crippen molar-refractivity contribution in [3.8, 4) is 0 Å². The van der Waals surface area contributed by atoms with Crippen LogP contribution in [0.3, 0.4) is 0 Å². The second-order valence-electron chi connectivity index (χ2n) is 13.5. The molecule has 55 heavy (non-hydrogen) atoms. The van der Waals surface area contributed by atoms with Crippen molar-refractivity contribution in [3.63, 3.8) is 0 Å². The van der Waals surface area contributed by atoms with Crippen molar-refractivity contribution in [2.75, 3.05) is 13.2 Å². The molecule has 0 heterocycles. The van der Waals surface area contributed by atoms with Crippen molar-refractivity contribution >= 4 is 17.9 Å². The number of allylic oxidation sites excluding steroid dienone is 16. The van der Waals surface area contributed by atoms with E-state index in [1.54, 1.807) is 12.2 Å². The Balaban J connectivity index is 4.41. The minimum absolute atomic E-state index is 0.0830. The third kappa shape index (κ3) is 41.1. The van der Waals surface area contributed by atoms with Gasteiger partial charge in [0.05, 0.1) is 12.8 Å². The van der Waals surface area contributed by atoms with Crippen molar-refractivity contribution in [3.05, 3.63) is 109 Å². The molecule has 1 unspecified atom stereocenters. The largest absolute Gasteiger partial charge is 0.462 e. The highest BCUT2D eigenvalue weighted by molar-refractivity contribution is 5.72. The Morgan fingerprint density at radius 1 is 0.382 bits per heavy atom. The first-order valence-corrected chi connectivity index (χ1v) is 21.4. The Bertz CT molecular complexity index is 1200. The summed E-state index contributed by atoms with van der Waals surface area (Å²) in [4.78, 5) is 37.4. The number of carbonyl (C=O) groups excluding carboxylic acids is 3. The second kappa shape index (κ2) is 42.8. The van der Waals surface area contributed by atoms with Gasteiger partial charge in [0.25, 0.3) is 0 Å². The van der Waals surface area contributed by atoms with Gasteiger partial charge in [0.15, 0.2) is 6.10 Å². The van der Waals surface area contributed by atoms with Crippen molar-refractivity contribution < 1.29 is 28.6 Å². The molecule has 0 spiro atoms. The topological polar surface area (TPSA) is 78.9 Å². The predicted molar refractivity (Wildman–Crippen MR) is 233 cm³/mol. The average molecular weight is 761 g/mol. The summed E-state index contributed by atoms with van der Waals surface area (Å²) in [6.45, 7) is 6.05. The number of hydrogen-bond acceptors (Lipinski definition) is 6. The quantitative estimate of drug-likeness (QED) is 0.0274. The Labute approximate surface area is 336 Å². The zero-order valence-corrected chi connectivity index (χ0v) is 34.9. The first kappa shape index (κ1) is 51.1. The van der Waals surface area contributed by atoms with E-state index in [-0.39, 0.29) is 32.0 Å². The SMILES string of the molecule is CC/C=C\C/C=C\C/C=C\CCCCCCCCCCCC(=O)OCC(COC(=O)C/C=C\C/C=C\C/C=C\CC)OC(=O)C/C=C\C/C=C\C/C=C\CC. The smallest absolute Gasteiger partial charge is 0.310 e. The maximum Gasteiger partial charge on any atom is 0.310 e. The van der Waals surface area contributed by atoms with Crippen molar-refractivity contribution in [2.45, 2.75) is 168 Å². The number of carbonyl (C=O) groups is 3. The minimum Gasteiger partial charge on any atom is -0.462 e. The Hall–Kier alpha value is -3.93. The number of ether oxygens (including phenoxy) is 3. The van der Waals surface area contributed by atoms with Crippen molar-refractivity contribution in [2.24, 2.45) is 0 Å². The van der Waals surface area contributed by atoms with E-state index in [1.807, 2.05) is 12.2 Å². The van der Waals surface area contributed by atoms with Crippen LogP contribution in [0.2, 0.25) is 0 Å². The van der Waals surface area contributed by atoms with Crippen LogP contribution in [0.1, 0.15) is 162 Å². The van der Waals surface area contributed by atoms with Gasteiger partial charge in [0.1, 0.15) is 13.2 Å². The van der Waals surface area contributed by atoms with Gasteiger partial charge in [-0.3, -0.25) is 14.4 Å². The molecule has 6 heteroatoms. The summed E-state index contributed by atoms with van der Waals surface area (Å²) >= 11 is 0. The van der Waals surface area contributed by atoms with E-state index in [1.165, 1.54) is 38.5 Å². The fourth-order valence-electron chi connectivity index (χ4n) is 5.23. The maximum absolute atomic E-state index is 12.6. The summed E-state index contributed by atoms with van der Waals surface area (Å²) < 4.78 is 16.4. The maximum atomic E-state index is 12.6. The molecule has 308 valence electrons. The zero-order valence-electron chi connectivity index (χ0n) is 34.9. The van der Waals surface area contributed by atoms with Crippen LogP contribution in [-0.2, 0) is 28.6 Å². The summed E-state index contributed by atoms with van der Waals surface area (Å²) in [7, 11) is 0. The summed E-state index contributed by atoms with van der Waals surface area (Å²) in [5, 5.41) is 0. The molecule has 0 rings (SSSR count). The van der Waals surface area contributed by atoms with Crippen LogP contribution in [0.25, 0.3) is 0 Å². The van der Waals surface area contributed by atoms with Gasteiger partial charge in [-0.15, -0.1) is 0 Å². The predicted octanol–water partition coefficient (Wildman–Crippen LogP) is 13.6. The highest BCUT2D eigenvalue weighted by Gasteiger charge is 2.19. The lowest BCUT2D eigenvalue weighted by Gasteiger charge is -2.17. The number of rotatable bonds is 36. The molecule has 1 atom stereocenters. The van der Waals surface area contributed by atoms with Gasteiger partial charge in [-0.1, -0.05) is 175 Å². The van der Waals surface area contributed by atoms with Crippen LogP contribution < -0.4 is 0 Å². The molecule has 0 aromatic heterocycles. The van der Waals surface area contributed by atoms with Crippen LogP contribution in [0.4, 0.5) is 0 Å². The van der Waals surface area contributed by atoms with Gasteiger partial charge < -0.3 is 14.2 Å². The molecule has 6 nitrogen and oxygen atoms in total. The Morgan fingerprint density at radius 2 is 0.727 bits per heavy atom. The van der Waals surface area contributed by atoms with E-state index in [4.69, 9.17) is 14.2 Å². The molecule has 0 N–H and O–H groups in total. The van der Waals surface area contributed by atoms with Crippen molar-refractivity contribution in [1.29, 1.82) is 0 Å². The molecular formula is C49H76O6. The average Bonchev–Trinajstić information content (AvgIpc) is 3.18. The number of hydrogen-bond donors (Lipinski definition) is 0. The minimum atomic E-state index is -0.863. The lowest BCUT2D eigenvalue weighted by atomic mass is 10.1. The summed E-state index contributed by atoms with van der Waals surface area (Å²) in [5.41, 5.74) is 0. The van der Waals surface area contributed by atoms with Crippen molar-refractivity contribution in [1.82, 2.24) is 0 Å². The first-order valence-electron chi connectivity index (χ1n) is 21.4. The van der Waals surface area contributed by atoms with Crippen LogP contribution in [0.5, 0.6) is 0 Å². The van der Waals surface area contributed by atoms with Gasteiger partial charge in [-0.25, -0.2) is 0 Å². The van der Waals surface area contributed by atoms with E-state index in [0.29, 0.717) is 6.42 Å². The first-order chi connectivity index (χ1) is 27.0. The molecule has 0 aliphatic heterocycles. The summed E-state index contributed by atoms with van der Waals surface area (Å²) in [5.74, 6) is -1.22. The fourth-order valence-corrected chi connectivity index (χ4v) is 5.23. The van der Waals surface area contributed by atoms with Crippen LogP contribution in [-0.4, -0.2) is 37.2 Å². The van der Waals surface area contributed by atoms with E-state index >= 15 is 0 Å². The fraction of sp³-hybridized carbons (Fsp3) is 0.571. The molecule has 0 saturated heterocycles. The lowest BCUT2D eigenvalue weighted by Crippen LogP contribution is -2.30. The van der Waals surface area contributed by atoms with Gasteiger partial charge in [-0.05, 0) is 77.0 Å². The Morgan fingerprint density at radius 3 is 1.18 bits per heavy atom.